The second-order valence-electron chi connectivity index (χ2n) is 5.24. The van der Waals surface area contributed by atoms with E-state index < -0.39 is 10.0 Å². The summed E-state index contributed by atoms with van der Waals surface area (Å²) in [6, 6.07) is 6.45. The van der Waals surface area contributed by atoms with Gasteiger partial charge in [0.05, 0.1) is 10.6 Å². The van der Waals surface area contributed by atoms with Crippen molar-refractivity contribution in [2.75, 3.05) is 19.8 Å². The van der Waals surface area contributed by atoms with E-state index in [0.717, 1.165) is 11.5 Å². The number of hydrogen-bond donors (Lipinski definition) is 1. The van der Waals surface area contributed by atoms with Crippen LogP contribution in [-0.2, 0) is 16.4 Å². The van der Waals surface area contributed by atoms with E-state index in [9.17, 15) is 8.42 Å². The molecule has 0 aliphatic carbocycles. The van der Waals surface area contributed by atoms with E-state index in [4.69, 9.17) is 14.0 Å². The van der Waals surface area contributed by atoms with Crippen LogP contribution < -0.4 is 14.2 Å². The summed E-state index contributed by atoms with van der Waals surface area (Å²) in [5.74, 6) is 1.77. The Labute approximate surface area is 134 Å². The predicted molar refractivity (Wildman–Crippen MR) is 82.2 cm³/mol. The molecule has 0 saturated carbocycles. The molecule has 1 aromatic heterocycles. The van der Waals surface area contributed by atoms with Gasteiger partial charge in [-0.1, -0.05) is 5.16 Å². The fraction of sp³-hybridized carbons (Fsp3) is 0.400. The summed E-state index contributed by atoms with van der Waals surface area (Å²) in [6.45, 7) is 3.05. The smallest absolute Gasteiger partial charge is 0.240 e. The number of ether oxygens (including phenoxy) is 2. The zero-order chi connectivity index (χ0) is 16.3. The molecule has 0 radical (unpaired) electrons. The van der Waals surface area contributed by atoms with Gasteiger partial charge in [-0.3, -0.25) is 0 Å². The predicted octanol–water partition coefficient (Wildman–Crippen LogP) is 1.67. The molecule has 0 bridgehead atoms. The largest absolute Gasteiger partial charge is 0.486 e. The first-order valence-corrected chi connectivity index (χ1v) is 8.84. The van der Waals surface area contributed by atoms with Gasteiger partial charge in [-0.25, -0.2) is 13.1 Å². The second-order valence-corrected chi connectivity index (χ2v) is 7.01. The molecule has 1 aliphatic heterocycles. The van der Waals surface area contributed by atoms with E-state index in [1.54, 1.807) is 6.07 Å². The van der Waals surface area contributed by atoms with Crippen LogP contribution >= 0.6 is 0 Å². The van der Waals surface area contributed by atoms with Crippen LogP contribution in [0.5, 0.6) is 11.5 Å². The highest BCUT2D eigenvalue weighted by Gasteiger charge is 2.19. The van der Waals surface area contributed by atoms with Gasteiger partial charge in [0.15, 0.2) is 11.5 Å². The van der Waals surface area contributed by atoms with Gasteiger partial charge in [0.1, 0.15) is 19.0 Å². The van der Waals surface area contributed by atoms with Gasteiger partial charge >= 0.3 is 0 Å². The van der Waals surface area contributed by atoms with E-state index in [2.05, 4.69) is 9.88 Å². The van der Waals surface area contributed by atoms with Crippen molar-refractivity contribution < 1.29 is 22.4 Å². The van der Waals surface area contributed by atoms with E-state index in [-0.39, 0.29) is 4.90 Å². The fourth-order valence-electron chi connectivity index (χ4n) is 2.28. The minimum absolute atomic E-state index is 0.164. The molecule has 7 nitrogen and oxygen atoms in total. The maximum atomic E-state index is 12.3. The minimum Gasteiger partial charge on any atom is -0.486 e. The molecule has 0 amide bonds. The Hall–Kier alpha value is -2.06. The average molecular weight is 338 g/mol. The number of hydrogen-bond acceptors (Lipinski definition) is 6. The summed E-state index contributed by atoms with van der Waals surface area (Å²) in [4.78, 5) is 0.164. The molecule has 2 heterocycles. The molecule has 0 fully saturated rings. The number of sulfonamides is 1. The van der Waals surface area contributed by atoms with Crippen molar-refractivity contribution in [2.24, 2.45) is 0 Å². The molecule has 0 unspecified atom stereocenters. The number of aromatic nitrogens is 1. The lowest BCUT2D eigenvalue weighted by Gasteiger charge is -2.18. The number of benzene rings is 1. The summed E-state index contributed by atoms with van der Waals surface area (Å²) >= 11 is 0. The normalized spacial score (nSPS) is 14.0. The molecule has 0 atom stereocenters. The molecule has 1 aliphatic rings. The fourth-order valence-corrected chi connectivity index (χ4v) is 3.37. The maximum absolute atomic E-state index is 12.3. The highest BCUT2D eigenvalue weighted by molar-refractivity contribution is 7.89. The molecule has 2 aromatic rings. The summed E-state index contributed by atoms with van der Waals surface area (Å²) in [7, 11) is -3.57. The van der Waals surface area contributed by atoms with Gasteiger partial charge in [-0.15, -0.1) is 0 Å². The highest BCUT2D eigenvalue weighted by atomic mass is 32.2. The van der Waals surface area contributed by atoms with Crippen LogP contribution in [0, 0.1) is 6.92 Å². The summed E-state index contributed by atoms with van der Waals surface area (Å²) in [5.41, 5.74) is 0.817. The van der Waals surface area contributed by atoms with E-state index in [0.29, 0.717) is 44.1 Å². The number of nitrogens with zero attached hydrogens (tertiary/aromatic N) is 1. The van der Waals surface area contributed by atoms with Crippen molar-refractivity contribution >= 4 is 10.0 Å². The van der Waals surface area contributed by atoms with Crippen molar-refractivity contribution in [1.29, 1.82) is 0 Å². The molecule has 23 heavy (non-hydrogen) atoms. The Balaban J connectivity index is 1.58. The average Bonchev–Trinajstić information content (AvgIpc) is 2.96. The maximum Gasteiger partial charge on any atom is 0.240 e. The van der Waals surface area contributed by atoms with Gasteiger partial charge in [0.2, 0.25) is 10.0 Å². The van der Waals surface area contributed by atoms with E-state index >= 15 is 0 Å². The minimum atomic E-state index is -3.57. The standard InChI is InChI=1S/C15H18N2O5S/c1-11-9-12(22-17-11)3-2-6-16-23(18,19)13-4-5-14-15(10-13)21-8-7-20-14/h4-5,9-10,16H,2-3,6-8H2,1H3. The zero-order valence-electron chi connectivity index (χ0n) is 12.7. The van der Waals surface area contributed by atoms with Crippen LogP contribution in [0.2, 0.25) is 0 Å². The van der Waals surface area contributed by atoms with Gasteiger partial charge < -0.3 is 14.0 Å². The van der Waals surface area contributed by atoms with Crippen LogP contribution in [0.15, 0.2) is 33.7 Å². The Morgan fingerprint density at radius 2 is 1.96 bits per heavy atom. The third-order valence-corrected chi connectivity index (χ3v) is 4.85. The third kappa shape index (κ3) is 3.83. The first-order chi connectivity index (χ1) is 11.0. The number of rotatable bonds is 6. The van der Waals surface area contributed by atoms with Gasteiger partial charge in [0, 0.05) is 25.1 Å². The lowest BCUT2D eigenvalue weighted by Crippen LogP contribution is -2.25. The summed E-state index contributed by atoms with van der Waals surface area (Å²) in [6.07, 6.45) is 1.25. The molecular formula is C15H18N2O5S. The van der Waals surface area contributed by atoms with Crippen LogP contribution in [0.25, 0.3) is 0 Å². The number of nitrogens with one attached hydrogen (secondary N) is 1. The van der Waals surface area contributed by atoms with Gasteiger partial charge in [-0.2, -0.15) is 0 Å². The van der Waals surface area contributed by atoms with Crippen molar-refractivity contribution in [3.63, 3.8) is 0 Å². The van der Waals surface area contributed by atoms with Crippen molar-refractivity contribution in [1.82, 2.24) is 9.88 Å². The Morgan fingerprint density at radius 1 is 1.17 bits per heavy atom. The van der Waals surface area contributed by atoms with Crippen molar-refractivity contribution in [2.45, 2.75) is 24.7 Å². The first-order valence-electron chi connectivity index (χ1n) is 7.36. The van der Waals surface area contributed by atoms with E-state index in [1.807, 2.05) is 13.0 Å². The molecule has 0 saturated heterocycles. The summed E-state index contributed by atoms with van der Waals surface area (Å²) in [5, 5.41) is 3.79. The number of aryl methyl sites for hydroxylation is 2. The Kier molecular flexibility index (Phi) is 4.53. The Bertz CT molecular complexity index is 785. The van der Waals surface area contributed by atoms with Crippen molar-refractivity contribution in [3.8, 4) is 11.5 Å². The lowest BCUT2D eigenvalue weighted by molar-refractivity contribution is 0.171. The monoisotopic (exact) mass is 338 g/mol. The highest BCUT2D eigenvalue weighted by Crippen LogP contribution is 2.32. The summed E-state index contributed by atoms with van der Waals surface area (Å²) < 4.78 is 43.0. The number of fused-ring (bicyclic) bond motifs is 1. The zero-order valence-corrected chi connectivity index (χ0v) is 13.6. The molecule has 8 heteroatoms. The topological polar surface area (TPSA) is 90.7 Å². The Morgan fingerprint density at radius 3 is 2.70 bits per heavy atom. The van der Waals surface area contributed by atoms with E-state index in [1.165, 1.54) is 12.1 Å². The van der Waals surface area contributed by atoms with Crippen LogP contribution in [-0.4, -0.2) is 33.3 Å². The molecule has 1 N–H and O–H groups in total. The molecule has 0 spiro atoms. The van der Waals surface area contributed by atoms with Crippen molar-refractivity contribution in [3.05, 3.63) is 35.7 Å². The van der Waals surface area contributed by atoms with Crippen LogP contribution in [0.1, 0.15) is 17.9 Å². The molecular weight excluding hydrogens is 320 g/mol. The quantitative estimate of drug-likeness (QED) is 0.806. The van der Waals surface area contributed by atoms with Gasteiger partial charge in [-0.05, 0) is 25.5 Å². The SMILES string of the molecule is Cc1cc(CCCNS(=O)(=O)c2ccc3c(c2)OCCO3)on1. The van der Waals surface area contributed by atoms with Gasteiger partial charge in [0.25, 0.3) is 0 Å². The molecule has 1 aromatic carbocycles. The van der Waals surface area contributed by atoms with Crippen LogP contribution in [0.4, 0.5) is 0 Å². The first kappa shape index (κ1) is 15.8. The second kappa shape index (κ2) is 6.59. The lowest BCUT2D eigenvalue weighted by atomic mass is 10.2. The van der Waals surface area contributed by atoms with Crippen LogP contribution in [0.3, 0.4) is 0 Å². The molecule has 3 rings (SSSR count). The molecule has 124 valence electrons. The third-order valence-electron chi connectivity index (χ3n) is 3.39.